The standard InChI is InChI=1S/C15H17N5S/c1-9-10(2)17-15(18-11(9)3)21-14-12(8-16)20-7-5-4-6-13(20)19-14/h4-7H,8,16H2,1-3H3. The number of rotatable bonds is 3. The number of hydrogen-bond donors (Lipinski definition) is 1. The highest BCUT2D eigenvalue weighted by atomic mass is 32.2. The van der Waals surface area contributed by atoms with Crippen LogP contribution in [0, 0.1) is 20.8 Å². The van der Waals surface area contributed by atoms with Crippen molar-refractivity contribution in [2.45, 2.75) is 37.5 Å². The van der Waals surface area contributed by atoms with Gasteiger partial charge in [0.2, 0.25) is 0 Å². The minimum Gasteiger partial charge on any atom is -0.325 e. The van der Waals surface area contributed by atoms with E-state index < -0.39 is 0 Å². The van der Waals surface area contributed by atoms with E-state index in [9.17, 15) is 0 Å². The maximum absolute atomic E-state index is 5.88. The predicted molar refractivity (Wildman–Crippen MR) is 83.4 cm³/mol. The van der Waals surface area contributed by atoms with Crippen LogP contribution in [0.5, 0.6) is 0 Å². The first-order valence-electron chi connectivity index (χ1n) is 6.76. The van der Waals surface area contributed by atoms with Crippen LogP contribution in [0.1, 0.15) is 22.6 Å². The van der Waals surface area contributed by atoms with Crippen LogP contribution in [-0.2, 0) is 6.54 Å². The normalized spacial score (nSPS) is 11.2. The van der Waals surface area contributed by atoms with Gasteiger partial charge >= 0.3 is 0 Å². The largest absolute Gasteiger partial charge is 0.325 e. The molecule has 5 nitrogen and oxygen atoms in total. The van der Waals surface area contributed by atoms with E-state index >= 15 is 0 Å². The van der Waals surface area contributed by atoms with Crippen molar-refractivity contribution in [1.29, 1.82) is 0 Å². The Morgan fingerprint density at radius 3 is 2.48 bits per heavy atom. The molecule has 3 aromatic heterocycles. The number of hydrogen-bond acceptors (Lipinski definition) is 5. The third-order valence-corrected chi connectivity index (χ3v) is 4.47. The molecular formula is C15H17N5S. The summed E-state index contributed by atoms with van der Waals surface area (Å²) in [5, 5.41) is 1.58. The van der Waals surface area contributed by atoms with Gasteiger partial charge < -0.3 is 10.1 Å². The van der Waals surface area contributed by atoms with E-state index in [1.165, 1.54) is 11.8 Å². The average Bonchev–Trinajstić information content (AvgIpc) is 2.81. The lowest BCUT2D eigenvalue weighted by Gasteiger charge is -2.06. The zero-order valence-corrected chi connectivity index (χ0v) is 13.1. The van der Waals surface area contributed by atoms with Crippen LogP contribution in [0.2, 0.25) is 0 Å². The molecule has 0 radical (unpaired) electrons. The zero-order chi connectivity index (χ0) is 15.0. The second-order valence-corrected chi connectivity index (χ2v) is 5.86. The number of aryl methyl sites for hydroxylation is 2. The Hall–Kier alpha value is -1.92. The molecule has 3 aromatic rings. The summed E-state index contributed by atoms with van der Waals surface area (Å²) in [6.07, 6.45) is 1.97. The van der Waals surface area contributed by atoms with Crippen LogP contribution < -0.4 is 5.73 Å². The van der Waals surface area contributed by atoms with Crippen molar-refractivity contribution in [2.24, 2.45) is 5.73 Å². The Morgan fingerprint density at radius 1 is 1.10 bits per heavy atom. The lowest BCUT2D eigenvalue weighted by Crippen LogP contribution is -2.03. The van der Waals surface area contributed by atoms with Crippen molar-refractivity contribution in [3.63, 3.8) is 0 Å². The van der Waals surface area contributed by atoms with Gasteiger partial charge in [-0.1, -0.05) is 6.07 Å². The molecule has 0 fully saturated rings. The van der Waals surface area contributed by atoms with Crippen LogP contribution in [0.4, 0.5) is 0 Å². The van der Waals surface area contributed by atoms with E-state index in [-0.39, 0.29) is 0 Å². The molecular weight excluding hydrogens is 282 g/mol. The Balaban J connectivity index is 2.06. The highest BCUT2D eigenvalue weighted by Crippen LogP contribution is 2.29. The first-order chi connectivity index (χ1) is 10.1. The molecule has 0 aromatic carbocycles. The fourth-order valence-corrected chi connectivity index (χ4v) is 3.14. The minimum atomic E-state index is 0.428. The SMILES string of the molecule is Cc1nc(Sc2nc3ccccn3c2CN)nc(C)c1C. The summed E-state index contributed by atoms with van der Waals surface area (Å²) in [7, 11) is 0. The van der Waals surface area contributed by atoms with Crippen LogP contribution in [0.3, 0.4) is 0 Å². The summed E-state index contributed by atoms with van der Waals surface area (Å²) in [5.41, 5.74) is 10.9. The number of imidazole rings is 1. The zero-order valence-electron chi connectivity index (χ0n) is 12.3. The van der Waals surface area contributed by atoms with Crippen molar-refractivity contribution >= 4 is 17.4 Å². The first kappa shape index (κ1) is 14.0. The molecule has 0 aliphatic heterocycles. The fraction of sp³-hybridized carbons (Fsp3) is 0.267. The quantitative estimate of drug-likeness (QED) is 0.753. The maximum atomic E-state index is 5.88. The maximum Gasteiger partial charge on any atom is 0.194 e. The molecule has 21 heavy (non-hydrogen) atoms. The molecule has 0 unspecified atom stereocenters. The molecule has 0 aliphatic rings. The summed E-state index contributed by atoms with van der Waals surface area (Å²) in [4.78, 5) is 13.7. The lowest BCUT2D eigenvalue weighted by molar-refractivity contribution is 0.872. The number of nitrogens with two attached hydrogens (primary N) is 1. The Kier molecular flexibility index (Phi) is 3.65. The highest BCUT2D eigenvalue weighted by molar-refractivity contribution is 7.99. The molecule has 0 saturated heterocycles. The minimum absolute atomic E-state index is 0.428. The molecule has 0 atom stereocenters. The summed E-state index contributed by atoms with van der Waals surface area (Å²) in [6, 6.07) is 5.91. The summed E-state index contributed by atoms with van der Waals surface area (Å²) in [6.45, 7) is 6.47. The van der Waals surface area contributed by atoms with Gasteiger partial charge in [0.1, 0.15) is 10.7 Å². The second kappa shape index (κ2) is 5.46. The van der Waals surface area contributed by atoms with E-state index in [4.69, 9.17) is 5.73 Å². The van der Waals surface area contributed by atoms with Gasteiger partial charge in [-0.05, 0) is 50.2 Å². The topological polar surface area (TPSA) is 69.1 Å². The Bertz CT molecular complexity index is 786. The number of fused-ring (bicyclic) bond motifs is 1. The molecule has 3 rings (SSSR count). The predicted octanol–water partition coefficient (Wildman–Crippen LogP) is 2.66. The van der Waals surface area contributed by atoms with Gasteiger partial charge in [-0.3, -0.25) is 0 Å². The Morgan fingerprint density at radius 2 is 1.81 bits per heavy atom. The first-order valence-corrected chi connectivity index (χ1v) is 7.57. The smallest absolute Gasteiger partial charge is 0.194 e. The van der Waals surface area contributed by atoms with Gasteiger partial charge in [0.05, 0.1) is 5.69 Å². The van der Waals surface area contributed by atoms with Crippen molar-refractivity contribution in [3.05, 3.63) is 47.0 Å². The third kappa shape index (κ3) is 2.52. The van der Waals surface area contributed by atoms with E-state index in [2.05, 4.69) is 15.0 Å². The van der Waals surface area contributed by atoms with Gasteiger partial charge in [0.25, 0.3) is 0 Å². The average molecular weight is 299 g/mol. The highest BCUT2D eigenvalue weighted by Gasteiger charge is 2.14. The van der Waals surface area contributed by atoms with Crippen LogP contribution in [0.15, 0.2) is 34.6 Å². The van der Waals surface area contributed by atoms with Crippen molar-refractivity contribution in [3.8, 4) is 0 Å². The number of pyridine rings is 1. The fourth-order valence-electron chi connectivity index (χ4n) is 2.17. The molecule has 0 amide bonds. The summed E-state index contributed by atoms with van der Waals surface area (Å²) >= 11 is 1.47. The molecule has 0 saturated carbocycles. The van der Waals surface area contributed by atoms with E-state index in [1.54, 1.807) is 0 Å². The van der Waals surface area contributed by atoms with Crippen LogP contribution >= 0.6 is 11.8 Å². The molecule has 0 aliphatic carbocycles. The van der Waals surface area contributed by atoms with Crippen LogP contribution in [0.25, 0.3) is 5.65 Å². The van der Waals surface area contributed by atoms with Gasteiger partial charge in [-0.15, -0.1) is 0 Å². The number of nitrogens with zero attached hydrogens (tertiary/aromatic N) is 4. The molecule has 2 N–H and O–H groups in total. The number of aromatic nitrogens is 4. The van der Waals surface area contributed by atoms with Crippen molar-refractivity contribution in [2.75, 3.05) is 0 Å². The van der Waals surface area contributed by atoms with Gasteiger partial charge in [0.15, 0.2) is 5.16 Å². The van der Waals surface area contributed by atoms with E-state index in [0.29, 0.717) is 11.7 Å². The van der Waals surface area contributed by atoms with Gasteiger partial charge in [-0.2, -0.15) is 0 Å². The monoisotopic (exact) mass is 299 g/mol. The molecule has 0 bridgehead atoms. The van der Waals surface area contributed by atoms with E-state index in [1.807, 2.05) is 49.6 Å². The summed E-state index contributed by atoms with van der Waals surface area (Å²) in [5.74, 6) is 0. The summed E-state index contributed by atoms with van der Waals surface area (Å²) < 4.78 is 2.01. The Labute approximate surface area is 127 Å². The van der Waals surface area contributed by atoms with Crippen LogP contribution in [-0.4, -0.2) is 19.4 Å². The van der Waals surface area contributed by atoms with E-state index in [0.717, 1.165) is 33.3 Å². The molecule has 6 heteroatoms. The van der Waals surface area contributed by atoms with Gasteiger partial charge in [-0.25, -0.2) is 15.0 Å². The molecule has 0 spiro atoms. The lowest BCUT2D eigenvalue weighted by atomic mass is 10.2. The van der Waals surface area contributed by atoms with Gasteiger partial charge in [0, 0.05) is 24.1 Å². The van der Waals surface area contributed by atoms with Crippen molar-refractivity contribution < 1.29 is 0 Å². The third-order valence-electron chi connectivity index (χ3n) is 3.59. The molecule has 3 heterocycles. The molecule has 108 valence electrons. The second-order valence-electron chi connectivity index (χ2n) is 4.90. The van der Waals surface area contributed by atoms with Crippen molar-refractivity contribution in [1.82, 2.24) is 19.4 Å².